The van der Waals surface area contributed by atoms with Crippen LogP contribution in [0.5, 0.6) is 0 Å². The van der Waals surface area contributed by atoms with Gasteiger partial charge in [0.15, 0.2) is 0 Å². The lowest BCUT2D eigenvalue weighted by molar-refractivity contribution is -0.137. The summed E-state index contributed by atoms with van der Waals surface area (Å²) < 4.78 is 0. The maximum absolute atomic E-state index is 12.3. The molecule has 1 fully saturated rings. The molecule has 7 nitrogen and oxygen atoms in total. The van der Waals surface area contributed by atoms with Crippen LogP contribution in [0.2, 0.25) is 5.02 Å². The van der Waals surface area contributed by atoms with Crippen molar-refractivity contribution in [2.45, 2.75) is 25.3 Å². The number of nitrogens with zero attached hydrogens (tertiary/aromatic N) is 1. The molecule has 0 spiro atoms. The molecule has 0 radical (unpaired) electrons. The van der Waals surface area contributed by atoms with Gasteiger partial charge in [-0.25, -0.2) is 4.79 Å². The molecule has 0 aliphatic carbocycles. The Morgan fingerprint density at radius 2 is 2.00 bits per heavy atom. The average Bonchev–Trinajstić information content (AvgIpc) is 2.86. The van der Waals surface area contributed by atoms with Crippen molar-refractivity contribution in [2.24, 2.45) is 0 Å². The number of halogens is 1. The predicted octanol–water partition coefficient (Wildman–Crippen LogP) is 1.61. The quantitative estimate of drug-likeness (QED) is 0.686. The van der Waals surface area contributed by atoms with E-state index in [0.29, 0.717) is 24.4 Å². The molecule has 3 N–H and O–H groups in total. The zero-order chi connectivity index (χ0) is 16.8. The molecule has 8 heteroatoms. The van der Waals surface area contributed by atoms with Gasteiger partial charge in [-0.3, -0.25) is 9.59 Å². The largest absolute Gasteiger partial charge is 0.481 e. The van der Waals surface area contributed by atoms with E-state index in [9.17, 15) is 14.4 Å². The number of hydrogen-bond acceptors (Lipinski definition) is 3. The minimum absolute atomic E-state index is 0.00696. The Bertz CT molecular complexity index is 591. The van der Waals surface area contributed by atoms with Crippen LogP contribution in [-0.4, -0.2) is 42.1 Å². The van der Waals surface area contributed by atoms with Crippen LogP contribution in [0.4, 0.5) is 10.5 Å². The van der Waals surface area contributed by atoms with Gasteiger partial charge in [0, 0.05) is 30.2 Å². The molecule has 1 aromatic carbocycles. The first kappa shape index (κ1) is 17.1. The second-order valence-electron chi connectivity index (χ2n) is 5.21. The summed E-state index contributed by atoms with van der Waals surface area (Å²) >= 11 is 5.83. The fourth-order valence-corrected chi connectivity index (χ4v) is 2.47. The van der Waals surface area contributed by atoms with Crippen molar-refractivity contribution in [1.29, 1.82) is 0 Å². The van der Waals surface area contributed by atoms with E-state index in [1.807, 2.05) is 0 Å². The van der Waals surface area contributed by atoms with E-state index in [2.05, 4.69) is 10.6 Å². The summed E-state index contributed by atoms with van der Waals surface area (Å²) in [7, 11) is 0. The fraction of sp³-hybridized carbons (Fsp3) is 0.400. The first-order valence-corrected chi connectivity index (χ1v) is 7.68. The number of urea groups is 1. The Labute approximate surface area is 138 Å². The first-order chi connectivity index (χ1) is 11.0. The third-order valence-corrected chi connectivity index (χ3v) is 3.75. The summed E-state index contributed by atoms with van der Waals surface area (Å²) in [5.74, 6) is -1.08. The van der Waals surface area contributed by atoms with Gasteiger partial charge in [-0.2, -0.15) is 0 Å². The van der Waals surface area contributed by atoms with Crippen molar-refractivity contribution in [3.8, 4) is 0 Å². The van der Waals surface area contributed by atoms with Crippen molar-refractivity contribution < 1.29 is 19.5 Å². The molecule has 0 aromatic heterocycles. The maximum atomic E-state index is 12.3. The number of amides is 3. The van der Waals surface area contributed by atoms with Crippen molar-refractivity contribution in [3.63, 3.8) is 0 Å². The second-order valence-corrected chi connectivity index (χ2v) is 5.64. The first-order valence-electron chi connectivity index (χ1n) is 7.30. The van der Waals surface area contributed by atoms with Gasteiger partial charge in [0.1, 0.15) is 6.04 Å². The number of nitrogens with one attached hydrogen (secondary N) is 2. The topological polar surface area (TPSA) is 98.7 Å². The third kappa shape index (κ3) is 4.85. The van der Waals surface area contributed by atoms with Crippen LogP contribution in [-0.2, 0) is 9.59 Å². The number of carbonyl (C=O) groups is 3. The zero-order valence-corrected chi connectivity index (χ0v) is 13.2. The van der Waals surface area contributed by atoms with Crippen LogP contribution >= 0.6 is 11.6 Å². The summed E-state index contributed by atoms with van der Waals surface area (Å²) in [6, 6.07) is 5.89. The number of aliphatic carboxylic acids is 1. The summed E-state index contributed by atoms with van der Waals surface area (Å²) in [5, 5.41) is 14.3. The molecule has 23 heavy (non-hydrogen) atoms. The highest BCUT2D eigenvalue weighted by molar-refractivity contribution is 6.30. The van der Waals surface area contributed by atoms with E-state index in [1.54, 1.807) is 29.2 Å². The van der Waals surface area contributed by atoms with Crippen LogP contribution in [0.15, 0.2) is 24.3 Å². The molecule has 2 rings (SSSR count). The number of anilines is 1. The molecule has 1 aliphatic rings. The number of carboxylic acid groups (broad SMARTS) is 1. The van der Waals surface area contributed by atoms with Gasteiger partial charge in [0.25, 0.3) is 0 Å². The number of hydrogen-bond donors (Lipinski definition) is 3. The van der Waals surface area contributed by atoms with E-state index in [-0.39, 0.29) is 18.9 Å². The lowest BCUT2D eigenvalue weighted by Crippen LogP contribution is -2.46. The van der Waals surface area contributed by atoms with Crippen LogP contribution in [0.1, 0.15) is 19.3 Å². The number of rotatable bonds is 6. The SMILES string of the molecule is O=C(O)CCCNC(=O)NC1CCN(c2ccc(Cl)cc2)C1=O. The van der Waals surface area contributed by atoms with Crippen molar-refractivity contribution in [1.82, 2.24) is 10.6 Å². The monoisotopic (exact) mass is 339 g/mol. The van der Waals surface area contributed by atoms with Crippen LogP contribution in [0, 0.1) is 0 Å². The zero-order valence-electron chi connectivity index (χ0n) is 12.4. The molecule has 0 bridgehead atoms. The maximum Gasteiger partial charge on any atom is 0.315 e. The Morgan fingerprint density at radius 1 is 1.30 bits per heavy atom. The Hall–Kier alpha value is -2.28. The molecule has 1 heterocycles. The van der Waals surface area contributed by atoms with Crippen LogP contribution in [0.3, 0.4) is 0 Å². The Kier molecular flexibility index (Phi) is 5.81. The van der Waals surface area contributed by atoms with Gasteiger partial charge >= 0.3 is 12.0 Å². The van der Waals surface area contributed by atoms with Gasteiger partial charge in [-0.05, 0) is 37.1 Å². The third-order valence-electron chi connectivity index (χ3n) is 3.50. The molecule has 0 saturated carbocycles. The van der Waals surface area contributed by atoms with Gasteiger partial charge in [-0.1, -0.05) is 11.6 Å². The fourth-order valence-electron chi connectivity index (χ4n) is 2.34. The lowest BCUT2D eigenvalue weighted by atomic mass is 10.2. The summed E-state index contributed by atoms with van der Waals surface area (Å²) in [5.41, 5.74) is 0.741. The second kappa shape index (κ2) is 7.82. The molecule has 1 saturated heterocycles. The van der Waals surface area contributed by atoms with Crippen LogP contribution in [0.25, 0.3) is 0 Å². The average molecular weight is 340 g/mol. The van der Waals surface area contributed by atoms with Gasteiger partial charge in [0.05, 0.1) is 0 Å². The van der Waals surface area contributed by atoms with E-state index in [0.717, 1.165) is 5.69 Å². The van der Waals surface area contributed by atoms with Gasteiger partial charge < -0.3 is 20.6 Å². The smallest absolute Gasteiger partial charge is 0.315 e. The Balaban J connectivity index is 1.81. The summed E-state index contributed by atoms with van der Waals surface area (Å²) in [6.45, 7) is 0.768. The summed E-state index contributed by atoms with van der Waals surface area (Å²) in [6.07, 6.45) is 0.856. The molecular weight excluding hydrogens is 322 g/mol. The number of benzene rings is 1. The number of carboxylic acids is 1. The van der Waals surface area contributed by atoms with E-state index in [4.69, 9.17) is 16.7 Å². The van der Waals surface area contributed by atoms with Crippen molar-refractivity contribution in [3.05, 3.63) is 29.3 Å². The Morgan fingerprint density at radius 3 is 2.65 bits per heavy atom. The van der Waals surface area contributed by atoms with Gasteiger partial charge in [0.2, 0.25) is 5.91 Å². The predicted molar refractivity (Wildman–Crippen MR) is 85.6 cm³/mol. The van der Waals surface area contributed by atoms with E-state index in [1.165, 1.54) is 0 Å². The van der Waals surface area contributed by atoms with E-state index < -0.39 is 18.0 Å². The standard InChI is InChI=1S/C15H18ClN3O4/c16-10-3-5-11(6-4-10)19-9-7-12(14(19)22)18-15(23)17-8-1-2-13(20)21/h3-6,12H,1-2,7-9H2,(H,20,21)(H2,17,18,23). The van der Waals surface area contributed by atoms with Crippen molar-refractivity contribution >= 4 is 35.2 Å². The minimum atomic E-state index is -0.906. The highest BCUT2D eigenvalue weighted by Crippen LogP contribution is 2.23. The summed E-state index contributed by atoms with van der Waals surface area (Å²) in [4.78, 5) is 36.0. The minimum Gasteiger partial charge on any atom is -0.481 e. The molecular formula is C15H18ClN3O4. The van der Waals surface area contributed by atoms with E-state index >= 15 is 0 Å². The molecule has 124 valence electrons. The molecule has 1 atom stereocenters. The van der Waals surface area contributed by atoms with Crippen LogP contribution < -0.4 is 15.5 Å². The highest BCUT2D eigenvalue weighted by Gasteiger charge is 2.33. The molecule has 1 aliphatic heterocycles. The lowest BCUT2D eigenvalue weighted by Gasteiger charge is -2.17. The highest BCUT2D eigenvalue weighted by atomic mass is 35.5. The molecule has 1 aromatic rings. The molecule has 3 amide bonds. The number of carbonyl (C=O) groups excluding carboxylic acids is 2. The normalized spacial score (nSPS) is 17.2. The van der Waals surface area contributed by atoms with Gasteiger partial charge in [-0.15, -0.1) is 0 Å². The van der Waals surface area contributed by atoms with Crippen molar-refractivity contribution in [2.75, 3.05) is 18.0 Å². The molecule has 1 unspecified atom stereocenters.